The smallest absolute Gasteiger partial charge is 0.263 e. The molecule has 2 N–H and O–H groups in total. The van der Waals surface area contributed by atoms with Crippen LogP contribution >= 0.6 is 0 Å². The number of piperidine rings is 1. The maximum atomic E-state index is 13.5. The van der Waals surface area contributed by atoms with E-state index in [4.69, 9.17) is 9.47 Å². The van der Waals surface area contributed by atoms with Crippen LogP contribution in [0.1, 0.15) is 35.2 Å². The SMILES string of the molecule is COc1ccc(CNc2ccc(C(=O)N3CCCCC3)cc2S(=O)(=O)Nc2cccc(OC)c2)cc1. The highest BCUT2D eigenvalue weighted by molar-refractivity contribution is 7.92. The number of ether oxygens (including phenoxy) is 2. The summed E-state index contributed by atoms with van der Waals surface area (Å²) in [4.78, 5) is 14.9. The van der Waals surface area contributed by atoms with Gasteiger partial charge in [0, 0.05) is 31.3 Å². The highest BCUT2D eigenvalue weighted by atomic mass is 32.2. The van der Waals surface area contributed by atoms with Gasteiger partial charge in [-0.15, -0.1) is 0 Å². The lowest BCUT2D eigenvalue weighted by Crippen LogP contribution is -2.35. The van der Waals surface area contributed by atoms with Gasteiger partial charge in [-0.3, -0.25) is 9.52 Å². The van der Waals surface area contributed by atoms with E-state index in [2.05, 4.69) is 10.0 Å². The van der Waals surface area contributed by atoms with E-state index in [0.717, 1.165) is 30.6 Å². The van der Waals surface area contributed by atoms with Gasteiger partial charge in [0.05, 0.1) is 25.6 Å². The van der Waals surface area contributed by atoms with Crippen LogP contribution in [-0.2, 0) is 16.6 Å². The number of hydrogen-bond donors (Lipinski definition) is 2. The molecule has 1 aliphatic rings. The highest BCUT2D eigenvalue weighted by Gasteiger charge is 2.24. The second kappa shape index (κ2) is 11.3. The van der Waals surface area contributed by atoms with E-state index in [0.29, 0.717) is 42.3 Å². The van der Waals surface area contributed by atoms with Gasteiger partial charge in [0.2, 0.25) is 0 Å². The van der Waals surface area contributed by atoms with E-state index < -0.39 is 10.0 Å². The second-order valence-electron chi connectivity index (χ2n) is 8.60. The molecule has 4 rings (SSSR count). The van der Waals surface area contributed by atoms with Crippen molar-refractivity contribution in [1.29, 1.82) is 0 Å². The van der Waals surface area contributed by atoms with E-state index in [1.165, 1.54) is 13.2 Å². The molecule has 1 saturated heterocycles. The van der Waals surface area contributed by atoms with Crippen LogP contribution < -0.4 is 19.5 Å². The summed E-state index contributed by atoms with van der Waals surface area (Å²) in [5.74, 6) is 1.11. The highest BCUT2D eigenvalue weighted by Crippen LogP contribution is 2.28. The Morgan fingerprint density at radius 1 is 0.889 bits per heavy atom. The van der Waals surface area contributed by atoms with Gasteiger partial charge in [0.1, 0.15) is 16.4 Å². The molecule has 36 heavy (non-hydrogen) atoms. The summed E-state index contributed by atoms with van der Waals surface area (Å²) in [5.41, 5.74) is 2.06. The summed E-state index contributed by atoms with van der Waals surface area (Å²) >= 11 is 0. The van der Waals surface area contributed by atoms with E-state index in [9.17, 15) is 13.2 Å². The third kappa shape index (κ3) is 6.09. The molecule has 1 heterocycles. The topological polar surface area (TPSA) is 97.0 Å². The number of benzene rings is 3. The van der Waals surface area contributed by atoms with Crippen LogP contribution in [0.3, 0.4) is 0 Å². The lowest BCUT2D eigenvalue weighted by Gasteiger charge is -2.27. The number of anilines is 2. The van der Waals surface area contributed by atoms with Crippen molar-refractivity contribution in [3.63, 3.8) is 0 Å². The van der Waals surface area contributed by atoms with Crippen molar-refractivity contribution in [3.8, 4) is 11.5 Å². The number of methoxy groups -OCH3 is 2. The van der Waals surface area contributed by atoms with Crippen LogP contribution in [0.2, 0.25) is 0 Å². The minimum Gasteiger partial charge on any atom is -0.497 e. The Kier molecular flexibility index (Phi) is 8.00. The first kappa shape index (κ1) is 25.4. The minimum absolute atomic E-state index is 0.00157. The van der Waals surface area contributed by atoms with Gasteiger partial charge in [-0.1, -0.05) is 18.2 Å². The van der Waals surface area contributed by atoms with Crippen LogP contribution in [0, 0.1) is 0 Å². The van der Waals surface area contributed by atoms with Gasteiger partial charge in [-0.2, -0.15) is 0 Å². The Hall–Kier alpha value is -3.72. The predicted octanol–water partition coefficient (Wildman–Crippen LogP) is 4.74. The minimum atomic E-state index is -4.03. The largest absolute Gasteiger partial charge is 0.497 e. The molecule has 1 aliphatic heterocycles. The third-order valence-corrected chi connectivity index (χ3v) is 7.55. The van der Waals surface area contributed by atoms with Gasteiger partial charge in [-0.25, -0.2) is 8.42 Å². The van der Waals surface area contributed by atoms with E-state index in [1.807, 2.05) is 24.3 Å². The Bertz CT molecular complexity index is 1300. The number of amides is 1. The average Bonchev–Trinajstić information content (AvgIpc) is 2.92. The fourth-order valence-corrected chi connectivity index (χ4v) is 5.40. The number of nitrogens with one attached hydrogen (secondary N) is 2. The number of carbonyl (C=O) groups excluding carboxylic acids is 1. The molecule has 3 aromatic rings. The number of likely N-dealkylation sites (tertiary alicyclic amines) is 1. The van der Waals surface area contributed by atoms with Crippen molar-refractivity contribution in [2.75, 3.05) is 37.3 Å². The molecule has 3 aromatic carbocycles. The summed E-state index contributed by atoms with van der Waals surface area (Å²) in [5, 5.41) is 3.22. The van der Waals surface area contributed by atoms with Crippen molar-refractivity contribution in [2.45, 2.75) is 30.7 Å². The van der Waals surface area contributed by atoms with Crippen molar-refractivity contribution in [3.05, 3.63) is 77.9 Å². The molecule has 9 heteroatoms. The van der Waals surface area contributed by atoms with Gasteiger partial charge >= 0.3 is 0 Å². The van der Waals surface area contributed by atoms with Crippen LogP contribution in [-0.4, -0.2) is 46.5 Å². The molecule has 190 valence electrons. The third-order valence-electron chi connectivity index (χ3n) is 6.13. The first-order chi connectivity index (χ1) is 17.4. The molecule has 1 fully saturated rings. The molecule has 8 nitrogen and oxygen atoms in total. The number of sulfonamides is 1. The van der Waals surface area contributed by atoms with Crippen LogP contribution in [0.25, 0.3) is 0 Å². The second-order valence-corrected chi connectivity index (χ2v) is 10.3. The number of carbonyl (C=O) groups is 1. The van der Waals surface area contributed by atoms with E-state index in [1.54, 1.807) is 48.4 Å². The van der Waals surface area contributed by atoms with Crippen LogP contribution in [0.4, 0.5) is 11.4 Å². The zero-order valence-electron chi connectivity index (χ0n) is 20.5. The summed E-state index contributed by atoms with van der Waals surface area (Å²) in [6, 6.07) is 19.0. The molecule has 0 aliphatic carbocycles. The number of hydrogen-bond acceptors (Lipinski definition) is 6. The monoisotopic (exact) mass is 509 g/mol. The Morgan fingerprint density at radius 2 is 1.61 bits per heavy atom. The first-order valence-electron chi connectivity index (χ1n) is 11.9. The lowest BCUT2D eigenvalue weighted by atomic mass is 10.1. The predicted molar refractivity (Wildman–Crippen MR) is 140 cm³/mol. The summed E-state index contributed by atoms with van der Waals surface area (Å²) in [6.45, 7) is 1.76. The normalized spacial score (nSPS) is 13.7. The summed E-state index contributed by atoms with van der Waals surface area (Å²) < 4.78 is 40.1. The van der Waals surface area contributed by atoms with Crippen LogP contribution in [0.5, 0.6) is 11.5 Å². The molecule has 1 amide bonds. The zero-order valence-corrected chi connectivity index (χ0v) is 21.3. The summed E-state index contributed by atoms with van der Waals surface area (Å²) in [6.07, 6.45) is 3.01. The van der Waals surface area contributed by atoms with Crippen LogP contribution in [0.15, 0.2) is 71.6 Å². The molecule has 0 unspecified atom stereocenters. The lowest BCUT2D eigenvalue weighted by molar-refractivity contribution is 0.0724. The van der Waals surface area contributed by atoms with Gasteiger partial charge < -0.3 is 19.7 Å². The fourth-order valence-electron chi connectivity index (χ4n) is 4.14. The van der Waals surface area contributed by atoms with Crippen molar-refractivity contribution < 1.29 is 22.7 Å². The molecule has 0 aromatic heterocycles. The summed E-state index contributed by atoms with van der Waals surface area (Å²) in [7, 11) is -0.908. The average molecular weight is 510 g/mol. The molecule has 0 spiro atoms. The molecule has 0 radical (unpaired) electrons. The van der Waals surface area contributed by atoms with Gasteiger partial charge in [-0.05, 0) is 67.3 Å². The molecule has 0 bridgehead atoms. The number of nitrogens with zero attached hydrogens (tertiary/aromatic N) is 1. The maximum absolute atomic E-state index is 13.5. The Balaban J connectivity index is 1.65. The van der Waals surface area contributed by atoms with Gasteiger partial charge in [0.15, 0.2) is 0 Å². The maximum Gasteiger partial charge on any atom is 0.263 e. The van der Waals surface area contributed by atoms with Crippen molar-refractivity contribution in [2.24, 2.45) is 0 Å². The Morgan fingerprint density at radius 3 is 2.31 bits per heavy atom. The zero-order chi connectivity index (χ0) is 25.5. The molecular formula is C27H31N3O5S. The Labute approximate surface area is 212 Å². The van der Waals surface area contributed by atoms with Gasteiger partial charge in [0.25, 0.3) is 15.9 Å². The van der Waals surface area contributed by atoms with Crippen molar-refractivity contribution >= 4 is 27.3 Å². The van der Waals surface area contributed by atoms with E-state index >= 15 is 0 Å². The molecule has 0 saturated carbocycles. The first-order valence-corrected chi connectivity index (χ1v) is 13.3. The molecular weight excluding hydrogens is 478 g/mol. The van der Waals surface area contributed by atoms with E-state index in [-0.39, 0.29) is 10.8 Å². The number of rotatable bonds is 9. The fraction of sp³-hybridized carbons (Fsp3) is 0.296. The molecule has 0 atom stereocenters. The standard InChI is InChI=1S/C27H31N3O5S/c1-34-23-12-9-20(10-13-23)19-28-25-14-11-21(27(31)30-15-4-3-5-16-30)17-26(25)36(32,33)29-22-7-6-8-24(18-22)35-2/h6-14,17-18,28-29H,3-5,15-16,19H2,1-2H3. The quantitative estimate of drug-likeness (QED) is 0.432. The van der Waals surface area contributed by atoms with Crippen molar-refractivity contribution in [1.82, 2.24) is 4.90 Å².